The van der Waals surface area contributed by atoms with Crippen LogP contribution in [-0.4, -0.2) is 27.4 Å². The molecule has 0 saturated carbocycles. The van der Waals surface area contributed by atoms with Crippen molar-refractivity contribution in [2.24, 2.45) is 0 Å². The number of carbonyl (C=O) groups is 1. The van der Waals surface area contributed by atoms with E-state index in [1.54, 1.807) is 16.9 Å². The van der Waals surface area contributed by atoms with E-state index < -0.39 is 11.7 Å². The summed E-state index contributed by atoms with van der Waals surface area (Å²) in [6, 6.07) is 15.6. The zero-order valence-corrected chi connectivity index (χ0v) is 16.9. The molecule has 0 N–H and O–H groups in total. The molecule has 0 bridgehead atoms. The molecule has 1 aliphatic heterocycles. The third kappa shape index (κ3) is 3.35. The molecule has 2 aromatic carbocycles. The first-order chi connectivity index (χ1) is 15.3. The molecule has 9 heteroatoms. The van der Waals surface area contributed by atoms with Crippen molar-refractivity contribution in [1.82, 2.24) is 14.9 Å². The van der Waals surface area contributed by atoms with Crippen molar-refractivity contribution >= 4 is 11.6 Å². The van der Waals surface area contributed by atoms with Gasteiger partial charge in [0.15, 0.2) is 5.76 Å². The average molecular weight is 438 g/mol. The maximum Gasteiger partial charge on any atom is 0.416 e. The lowest BCUT2D eigenvalue weighted by Gasteiger charge is -2.32. The highest BCUT2D eigenvalue weighted by molar-refractivity contribution is 6.09. The summed E-state index contributed by atoms with van der Waals surface area (Å²) in [5.74, 6) is 0.0212. The van der Waals surface area contributed by atoms with Crippen molar-refractivity contribution in [1.29, 1.82) is 0 Å². The van der Waals surface area contributed by atoms with Crippen LogP contribution in [0.2, 0.25) is 0 Å². The van der Waals surface area contributed by atoms with Gasteiger partial charge in [0.2, 0.25) is 0 Å². The van der Waals surface area contributed by atoms with Crippen LogP contribution < -0.4 is 4.90 Å². The molecule has 0 radical (unpaired) electrons. The van der Waals surface area contributed by atoms with Gasteiger partial charge >= 0.3 is 6.18 Å². The highest BCUT2D eigenvalue weighted by Gasteiger charge is 2.35. The zero-order valence-electron chi connectivity index (χ0n) is 16.9. The molecule has 1 atom stereocenters. The summed E-state index contributed by atoms with van der Waals surface area (Å²) in [6.45, 7) is 2.17. The molecular formula is C23H17F3N4O2. The van der Waals surface area contributed by atoms with Gasteiger partial charge in [0.1, 0.15) is 11.4 Å². The van der Waals surface area contributed by atoms with Gasteiger partial charge in [-0.2, -0.15) is 18.3 Å². The van der Waals surface area contributed by atoms with E-state index in [-0.39, 0.29) is 18.5 Å². The van der Waals surface area contributed by atoms with Gasteiger partial charge in [-0.15, -0.1) is 0 Å². The third-order valence-electron chi connectivity index (χ3n) is 5.46. The lowest BCUT2D eigenvalue weighted by molar-refractivity contribution is -0.137. The molecule has 0 spiro atoms. The lowest BCUT2D eigenvalue weighted by Crippen LogP contribution is -2.42. The molecular weight excluding hydrogens is 421 g/mol. The van der Waals surface area contributed by atoms with Gasteiger partial charge in [-0.25, -0.2) is 0 Å². The van der Waals surface area contributed by atoms with Crippen LogP contribution in [0.25, 0.3) is 22.6 Å². The van der Waals surface area contributed by atoms with E-state index >= 15 is 0 Å². The number of nitrogens with zero attached hydrogens (tertiary/aromatic N) is 4. The Morgan fingerprint density at radius 1 is 1.06 bits per heavy atom. The topological polar surface area (TPSA) is 64.2 Å². The Morgan fingerprint density at radius 2 is 1.78 bits per heavy atom. The summed E-state index contributed by atoms with van der Waals surface area (Å²) in [4.78, 5) is 14.8. The van der Waals surface area contributed by atoms with Crippen LogP contribution >= 0.6 is 0 Å². The third-order valence-corrected chi connectivity index (χ3v) is 5.46. The fourth-order valence-corrected chi connectivity index (χ4v) is 3.84. The molecule has 5 rings (SSSR count). The summed E-state index contributed by atoms with van der Waals surface area (Å²) < 4.78 is 45.9. The van der Waals surface area contributed by atoms with E-state index in [2.05, 4.69) is 10.3 Å². The van der Waals surface area contributed by atoms with Crippen LogP contribution in [0.4, 0.5) is 18.9 Å². The Kier molecular flexibility index (Phi) is 4.61. The van der Waals surface area contributed by atoms with E-state index in [1.165, 1.54) is 17.0 Å². The van der Waals surface area contributed by atoms with Gasteiger partial charge in [-0.05, 0) is 31.2 Å². The van der Waals surface area contributed by atoms with Crippen molar-refractivity contribution < 1.29 is 22.5 Å². The molecule has 2 aromatic heterocycles. The van der Waals surface area contributed by atoms with E-state index in [9.17, 15) is 18.0 Å². The second-order valence-electron chi connectivity index (χ2n) is 7.60. The number of rotatable bonds is 3. The Hall–Kier alpha value is -3.88. The van der Waals surface area contributed by atoms with Crippen LogP contribution in [0.15, 0.2) is 71.4 Å². The van der Waals surface area contributed by atoms with Gasteiger partial charge in [0, 0.05) is 23.9 Å². The van der Waals surface area contributed by atoms with Gasteiger partial charge in [0.25, 0.3) is 5.91 Å². The Balaban J connectivity index is 1.51. The average Bonchev–Trinajstić information content (AvgIpc) is 3.44. The number of halogens is 3. The van der Waals surface area contributed by atoms with Crippen LogP contribution in [0.5, 0.6) is 0 Å². The van der Waals surface area contributed by atoms with Gasteiger partial charge in [0.05, 0.1) is 23.4 Å². The molecule has 0 fully saturated rings. The number of amides is 1. The number of benzene rings is 2. The zero-order chi connectivity index (χ0) is 22.5. The molecule has 162 valence electrons. The minimum Gasteiger partial charge on any atom is -0.356 e. The molecule has 1 unspecified atom stereocenters. The normalized spacial score (nSPS) is 16.3. The molecule has 1 amide bonds. The molecule has 1 aliphatic rings. The summed E-state index contributed by atoms with van der Waals surface area (Å²) in [6.07, 6.45) is -2.89. The molecule has 32 heavy (non-hydrogen) atoms. The number of anilines is 1. The van der Waals surface area contributed by atoms with E-state index in [0.29, 0.717) is 28.4 Å². The molecule has 3 heterocycles. The Bertz CT molecular complexity index is 1280. The quantitative estimate of drug-likeness (QED) is 0.427. The number of hydrogen-bond donors (Lipinski definition) is 0. The van der Waals surface area contributed by atoms with Crippen molar-refractivity contribution in [2.45, 2.75) is 19.1 Å². The van der Waals surface area contributed by atoms with Crippen molar-refractivity contribution in [3.05, 3.63) is 78.1 Å². The fourth-order valence-electron chi connectivity index (χ4n) is 3.84. The maximum absolute atomic E-state index is 13.4. The SMILES string of the molecule is CC1CN(c2ccc(C(F)(F)F)cc2)C(=O)c2c(-c3cc(-c4ccccc4)no3)cnn21. The monoisotopic (exact) mass is 438 g/mol. The number of fused-ring (bicyclic) bond motifs is 1. The van der Waals surface area contributed by atoms with Crippen LogP contribution in [0.3, 0.4) is 0 Å². The minimum absolute atomic E-state index is 0.185. The summed E-state index contributed by atoms with van der Waals surface area (Å²) in [5, 5.41) is 8.46. The second kappa shape index (κ2) is 7.37. The lowest BCUT2D eigenvalue weighted by atomic mass is 10.1. The largest absolute Gasteiger partial charge is 0.416 e. The van der Waals surface area contributed by atoms with Crippen molar-refractivity contribution in [2.75, 3.05) is 11.4 Å². The molecule has 0 aliphatic carbocycles. The highest BCUT2D eigenvalue weighted by atomic mass is 19.4. The van der Waals surface area contributed by atoms with Crippen molar-refractivity contribution in [3.63, 3.8) is 0 Å². The number of carbonyl (C=O) groups excluding carboxylic acids is 1. The first-order valence-electron chi connectivity index (χ1n) is 9.92. The number of alkyl halides is 3. The number of aromatic nitrogens is 3. The van der Waals surface area contributed by atoms with Crippen LogP contribution in [0, 0.1) is 0 Å². The first kappa shape index (κ1) is 20.0. The van der Waals surface area contributed by atoms with Crippen molar-refractivity contribution in [3.8, 4) is 22.6 Å². The highest BCUT2D eigenvalue weighted by Crippen LogP contribution is 2.35. The van der Waals surface area contributed by atoms with Gasteiger partial charge < -0.3 is 9.42 Å². The van der Waals surface area contributed by atoms with E-state index in [4.69, 9.17) is 4.52 Å². The Morgan fingerprint density at radius 3 is 2.47 bits per heavy atom. The second-order valence-corrected chi connectivity index (χ2v) is 7.60. The number of hydrogen-bond acceptors (Lipinski definition) is 4. The van der Waals surface area contributed by atoms with Gasteiger partial charge in [-0.1, -0.05) is 35.5 Å². The molecule has 4 aromatic rings. The summed E-state index contributed by atoms with van der Waals surface area (Å²) in [5.41, 5.74) is 1.90. The standard InChI is InChI=1S/C23H17F3N4O2/c1-14-13-29(17-9-7-16(8-10-17)23(24,25)26)22(31)21-18(12-27-30(14)21)20-11-19(28-32-20)15-5-3-2-4-6-15/h2-12,14H,13H2,1H3. The van der Waals surface area contributed by atoms with Crippen LogP contribution in [-0.2, 0) is 6.18 Å². The predicted molar refractivity (Wildman–Crippen MR) is 111 cm³/mol. The first-order valence-corrected chi connectivity index (χ1v) is 9.92. The fraction of sp³-hybridized carbons (Fsp3) is 0.174. The van der Waals surface area contributed by atoms with E-state index in [1.807, 2.05) is 37.3 Å². The van der Waals surface area contributed by atoms with Gasteiger partial charge in [-0.3, -0.25) is 9.48 Å². The molecule has 0 saturated heterocycles. The maximum atomic E-state index is 13.4. The molecule has 6 nitrogen and oxygen atoms in total. The van der Waals surface area contributed by atoms with E-state index in [0.717, 1.165) is 17.7 Å². The minimum atomic E-state index is -4.44. The summed E-state index contributed by atoms with van der Waals surface area (Å²) in [7, 11) is 0. The van der Waals surface area contributed by atoms with Crippen LogP contribution in [0.1, 0.15) is 29.0 Å². The predicted octanol–water partition coefficient (Wildman–Crippen LogP) is 5.45. The summed E-state index contributed by atoms with van der Waals surface area (Å²) >= 11 is 0. The Labute approximate surface area is 180 Å². The smallest absolute Gasteiger partial charge is 0.356 e.